The molecule has 0 saturated heterocycles. The van der Waals surface area contributed by atoms with E-state index >= 15 is 0 Å². The Hall–Kier alpha value is -1.70. The van der Waals surface area contributed by atoms with E-state index < -0.39 is 0 Å². The molecular weight excluding hydrogens is 396 g/mol. The molecule has 0 aliphatic carbocycles. The molecule has 0 unspecified atom stereocenters. The Morgan fingerprint density at radius 1 is 1.60 bits per heavy atom. The molecule has 0 spiro atoms. The zero-order valence-corrected chi connectivity index (χ0v) is 13.3. The number of fused-ring (bicyclic) bond motifs is 1. The summed E-state index contributed by atoms with van der Waals surface area (Å²) in [5, 5.41) is 13.7. The van der Waals surface area contributed by atoms with Gasteiger partial charge in [0, 0.05) is 11.8 Å². The van der Waals surface area contributed by atoms with Gasteiger partial charge in [-0.1, -0.05) is 5.11 Å². The van der Waals surface area contributed by atoms with Crippen LogP contribution in [0.3, 0.4) is 0 Å². The van der Waals surface area contributed by atoms with E-state index in [0.29, 0.717) is 25.6 Å². The van der Waals surface area contributed by atoms with Crippen molar-refractivity contribution in [2.75, 3.05) is 6.73 Å². The first-order valence-corrected chi connectivity index (χ1v) is 6.92. The lowest BCUT2D eigenvalue weighted by atomic mass is 10.2. The van der Waals surface area contributed by atoms with Gasteiger partial charge in [0.15, 0.2) is 6.73 Å². The highest BCUT2D eigenvalue weighted by Gasteiger charge is 2.19. The zero-order valence-electron chi connectivity index (χ0n) is 10.2. The van der Waals surface area contributed by atoms with Gasteiger partial charge in [-0.2, -0.15) is 0 Å². The van der Waals surface area contributed by atoms with Gasteiger partial charge in [-0.15, -0.1) is 0 Å². The quantitative estimate of drug-likeness (QED) is 0.472. The summed E-state index contributed by atoms with van der Waals surface area (Å²) in [6, 6.07) is 1.65. The molecule has 1 N–H and O–H groups in total. The van der Waals surface area contributed by atoms with Crippen LogP contribution in [0.1, 0.15) is 11.7 Å². The summed E-state index contributed by atoms with van der Waals surface area (Å²) in [5.74, 6) is 0.0987. The van der Waals surface area contributed by atoms with E-state index in [4.69, 9.17) is 10.3 Å². The number of azide groups is 1. The van der Waals surface area contributed by atoms with Crippen LogP contribution >= 0.6 is 31.9 Å². The highest BCUT2D eigenvalue weighted by Crippen LogP contribution is 2.43. The smallest absolute Gasteiger partial charge is 0.228 e. The van der Waals surface area contributed by atoms with Crippen LogP contribution in [0.5, 0.6) is 11.5 Å². The molecule has 1 aromatic heterocycles. The van der Waals surface area contributed by atoms with Crippen molar-refractivity contribution < 1.29 is 14.6 Å². The average molecular weight is 404 g/mol. The highest BCUT2D eigenvalue weighted by atomic mass is 79.9. The Morgan fingerprint density at radius 3 is 2.90 bits per heavy atom. The van der Waals surface area contributed by atoms with Gasteiger partial charge in [-0.25, -0.2) is 0 Å². The summed E-state index contributed by atoms with van der Waals surface area (Å²) >= 11 is 6.64. The van der Waals surface area contributed by atoms with Crippen molar-refractivity contribution in [3.63, 3.8) is 0 Å². The maximum atomic E-state index is 11.5. The molecule has 2 aromatic rings. The first-order chi connectivity index (χ1) is 9.47. The second-order valence-electron chi connectivity index (χ2n) is 3.80. The molecule has 1 aromatic carbocycles. The van der Waals surface area contributed by atoms with Gasteiger partial charge in [0.2, 0.25) is 5.91 Å². The maximum Gasteiger partial charge on any atom is 0.228 e. The molecule has 0 aliphatic heterocycles. The minimum absolute atomic E-state index is 0.0526. The number of aromatic hydroxyl groups is 1. The van der Waals surface area contributed by atoms with Crippen LogP contribution in [0, 0.1) is 0 Å². The third-order valence-corrected chi connectivity index (χ3v) is 3.94. The number of carbonyl (C=O) groups excluding carboxylic acids is 1. The lowest BCUT2D eigenvalue weighted by Crippen LogP contribution is -2.03. The number of carbonyl (C=O) groups is 1. The summed E-state index contributed by atoms with van der Waals surface area (Å²) in [6.45, 7) is 1.21. The predicted molar refractivity (Wildman–Crippen MR) is 79.9 cm³/mol. The molecule has 0 radical (unpaired) electrons. The second kappa shape index (κ2) is 5.74. The minimum Gasteiger partial charge on any atom is -0.506 e. The van der Waals surface area contributed by atoms with Crippen molar-refractivity contribution in [1.82, 2.24) is 4.57 Å². The number of nitrogens with zero attached hydrogens (tertiary/aromatic N) is 4. The highest BCUT2D eigenvalue weighted by molar-refractivity contribution is 9.11. The fraction of sp³-hybridized carbons (Fsp3) is 0.182. The molecule has 9 heteroatoms. The summed E-state index contributed by atoms with van der Waals surface area (Å²) in [4.78, 5) is 14.1. The van der Waals surface area contributed by atoms with E-state index in [1.54, 1.807) is 6.07 Å². The van der Waals surface area contributed by atoms with Crippen molar-refractivity contribution in [2.45, 2.75) is 6.92 Å². The van der Waals surface area contributed by atoms with Gasteiger partial charge >= 0.3 is 0 Å². The Kier molecular flexibility index (Phi) is 4.22. The lowest BCUT2D eigenvalue weighted by molar-refractivity contribution is 0.0941. The van der Waals surface area contributed by atoms with Crippen LogP contribution in [-0.4, -0.2) is 22.3 Å². The standard InChI is InChI=1S/C11H8Br2N4O3/c1-5(18)17-3-8(19)9-7(17)2-6(12)11(10(9)13)20-4-15-16-14/h2-3,19H,4H2,1H3. The number of ether oxygens (including phenoxy) is 1. The van der Waals surface area contributed by atoms with Crippen LogP contribution in [-0.2, 0) is 0 Å². The summed E-state index contributed by atoms with van der Waals surface area (Å²) in [6.07, 6.45) is 1.33. The van der Waals surface area contributed by atoms with Gasteiger partial charge in [-0.3, -0.25) is 9.36 Å². The molecule has 0 saturated carbocycles. The normalized spacial score (nSPS) is 10.3. The number of hydrogen-bond acceptors (Lipinski definition) is 4. The van der Waals surface area contributed by atoms with Crippen molar-refractivity contribution in [2.24, 2.45) is 5.11 Å². The number of hydrogen-bond donors (Lipinski definition) is 1. The lowest BCUT2D eigenvalue weighted by Gasteiger charge is -2.10. The van der Waals surface area contributed by atoms with Crippen molar-refractivity contribution >= 4 is 48.7 Å². The maximum absolute atomic E-state index is 11.5. The first kappa shape index (κ1) is 14.7. The fourth-order valence-corrected chi connectivity index (χ4v) is 3.32. The Labute approximate surface area is 130 Å². The summed E-state index contributed by atoms with van der Waals surface area (Å²) < 4.78 is 7.68. The molecule has 0 fully saturated rings. The van der Waals surface area contributed by atoms with E-state index in [2.05, 4.69) is 41.9 Å². The molecule has 0 atom stereocenters. The molecular formula is C11H8Br2N4O3. The number of rotatable bonds is 3. The summed E-state index contributed by atoms with van der Waals surface area (Å²) in [7, 11) is 0. The minimum atomic E-state index is -0.225. The predicted octanol–water partition coefficient (Wildman–Crippen LogP) is 4.18. The van der Waals surface area contributed by atoms with Crippen molar-refractivity contribution in [1.29, 1.82) is 0 Å². The van der Waals surface area contributed by atoms with Crippen LogP contribution < -0.4 is 4.74 Å². The van der Waals surface area contributed by atoms with Gasteiger partial charge in [0.25, 0.3) is 0 Å². The third kappa shape index (κ3) is 2.47. The number of halogens is 2. The number of aromatic nitrogens is 1. The van der Waals surface area contributed by atoms with E-state index in [9.17, 15) is 9.90 Å². The third-order valence-electron chi connectivity index (χ3n) is 2.59. The van der Waals surface area contributed by atoms with E-state index in [1.165, 1.54) is 17.7 Å². The van der Waals surface area contributed by atoms with Crippen molar-refractivity contribution in [3.8, 4) is 11.5 Å². The molecule has 7 nitrogen and oxygen atoms in total. The monoisotopic (exact) mass is 402 g/mol. The van der Waals surface area contributed by atoms with Gasteiger partial charge in [0.1, 0.15) is 11.5 Å². The van der Waals surface area contributed by atoms with E-state index in [1.807, 2.05) is 0 Å². The topological polar surface area (TPSA) is 100 Å². The van der Waals surface area contributed by atoms with Crippen LogP contribution in [0.15, 0.2) is 26.3 Å². The Morgan fingerprint density at radius 2 is 2.30 bits per heavy atom. The SMILES string of the molecule is CC(=O)n1cc(O)c2c(Br)c(OCN=[N+]=[N-])c(Br)cc21. The summed E-state index contributed by atoms with van der Waals surface area (Å²) in [5.41, 5.74) is 8.77. The fourth-order valence-electron chi connectivity index (χ4n) is 1.79. The first-order valence-electron chi connectivity index (χ1n) is 5.34. The van der Waals surface area contributed by atoms with Gasteiger partial charge in [0.05, 0.1) is 26.0 Å². The van der Waals surface area contributed by atoms with Gasteiger partial charge < -0.3 is 9.84 Å². The Bertz CT molecular complexity index is 750. The van der Waals surface area contributed by atoms with Gasteiger partial charge in [-0.05, 0) is 43.5 Å². The molecule has 20 heavy (non-hydrogen) atoms. The van der Waals surface area contributed by atoms with Crippen LogP contribution in [0.25, 0.3) is 21.3 Å². The van der Waals surface area contributed by atoms with E-state index in [-0.39, 0.29) is 18.4 Å². The molecule has 2 rings (SSSR count). The Balaban J connectivity index is 2.66. The van der Waals surface area contributed by atoms with E-state index in [0.717, 1.165) is 0 Å². The zero-order chi connectivity index (χ0) is 14.9. The molecule has 104 valence electrons. The van der Waals surface area contributed by atoms with Crippen molar-refractivity contribution in [3.05, 3.63) is 31.7 Å². The average Bonchev–Trinajstić information content (AvgIpc) is 2.71. The number of benzene rings is 1. The van der Waals surface area contributed by atoms with Crippen LogP contribution in [0.2, 0.25) is 0 Å². The molecule has 0 aliphatic rings. The van der Waals surface area contributed by atoms with Crippen LogP contribution in [0.4, 0.5) is 0 Å². The second-order valence-corrected chi connectivity index (χ2v) is 5.45. The molecule has 0 amide bonds. The molecule has 1 heterocycles. The largest absolute Gasteiger partial charge is 0.506 e. The molecule has 0 bridgehead atoms.